The molecule has 1 fully saturated rings. The van der Waals surface area contributed by atoms with E-state index in [1.807, 2.05) is 17.8 Å². The van der Waals surface area contributed by atoms with E-state index in [9.17, 15) is 8.42 Å². The Labute approximate surface area is 179 Å². The van der Waals surface area contributed by atoms with Gasteiger partial charge in [0.1, 0.15) is 0 Å². The van der Waals surface area contributed by atoms with Crippen molar-refractivity contribution >= 4 is 51.5 Å². The van der Waals surface area contributed by atoms with Crippen molar-refractivity contribution in [2.45, 2.75) is 36.8 Å². The van der Waals surface area contributed by atoms with Gasteiger partial charge in [-0.3, -0.25) is 4.99 Å². The number of hydrogen-bond donors (Lipinski definition) is 1. The van der Waals surface area contributed by atoms with Crippen LogP contribution in [0.2, 0.25) is 0 Å². The molecule has 1 heterocycles. The summed E-state index contributed by atoms with van der Waals surface area (Å²) in [5.74, 6) is 2.11. The van der Waals surface area contributed by atoms with Gasteiger partial charge >= 0.3 is 0 Å². The van der Waals surface area contributed by atoms with Gasteiger partial charge in [0, 0.05) is 36.7 Å². The molecule has 8 heteroatoms. The second kappa shape index (κ2) is 10.8. The van der Waals surface area contributed by atoms with Gasteiger partial charge in [0.15, 0.2) is 15.8 Å². The number of aliphatic imine (C=N–C) groups is 1. The molecule has 26 heavy (non-hydrogen) atoms. The Morgan fingerprint density at radius 1 is 1.31 bits per heavy atom. The maximum absolute atomic E-state index is 12.3. The van der Waals surface area contributed by atoms with Gasteiger partial charge in [0.25, 0.3) is 0 Å². The molecule has 2 rings (SSSR count). The standard InChI is InChI=1S/C18H29N3O2S2.HI/c1-4-19-17(21-12-13-24-18(2,3)15-21)20-11-8-14-25(22,23)16-9-6-5-7-10-16;/h5-7,9-10H,4,8,11-15H2,1-3H3,(H,19,20);1H. The van der Waals surface area contributed by atoms with Crippen molar-refractivity contribution in [3.8, 4) is 0 Å². The van der Waals surface area contributed by atoms with Crippen molar-refractivity contribution in [2.24, 2.45) is 4.99 Å². The van der Waals surface area contributed by atoms with Crippen LogP contribution in [0, 0.1) is 0 Å². The second-order valence-corrected chi connectivity index (χ2v) is 10.7. The molecule has 1 aromatic carbocycles. The summed E-state index contributed by atoms with van der Waals surface area (Å²) in [6.07, 6.45) is 0.526. The lowest BCUT2D eigenvalue weighted by atomic mass is 10.2. The topological polar surface area (TPSA) is 61.8 Å². The minimum Gasteiger partial charge on any atom is -0.357 e. The number of nitrogens with one attached hydrogen (secondary N) is 1. The van der Waals surface area contributed by atoms with E-state index in [0.717, 1.165) is 31.3 Å². The Hall–Kier alpha value is -0.480. The van der Waals surface area contributed by atoms with Crippen LogP contribution < -0.4 is 5.32 Å². The van der Waals surface area contributed by atoms with Crippen LogP contribution in [0.1, 0.15) is 27.2 Å². The van der Waals surface area contributed by atoms with Crippen LogP contribution in [-0.4, -0.2) is 61.7 Å². The van der Waals surface area contributed by atoms with Crippen molar-refractivity contribution in [1.29, 1.82) is 0 Å². The normalized spacial score (nSPS) is 17.5. The molecule has 0 spiro atoms. The summed E-state index contributed by atoms with van der Waals surface area (Å²) in [4.78, 5) is 7.33. The first-order valence-corrected chi connectivity index (χ1v) is 11.4. The fraction of sp³-hybridized carbons (Fsp3) is 0.611. The molecule has 1 saturated heterocycles. The van der Waals surface area contributed by atoms with Crippen LogP contribution in [0.15, 0.2) is 40.2 Å². The first-order valence-electron chi connectivity index (χ1n) is 8.79. The van der Waals surface area contributed by atoms with E-state index in [1.165, 1.54) is 0 Å². The van der Waals surface area contributed by atoms with Crippen molar-refractivity contribution in [2.75, 3.05) is 37.7 Å². The number of rotatable bonds is 6. The highest BCUT2D eigenvalue weighted by atomic mass is 127. The van der Waals surface area contributed by atoms with E-state index in [4.69, 9.17) is 0 Å². The van der Waals surface area contributed by atoms with Crippen LogP contribution in [-0.2, 0) is 9.84 Å². The van der Waals surface area contributed by atoms with Crippen molar-refractivity contribution in [3.05, 3.63) is 30.3 Å². The SMILES string of the molecule is CCNC(=NCCCS(=O)(=O)c1ccccc1)N1CCSC(C)(C)C1.I. The fourth-order valence-corrected chi connectivity index (χ4v) is 5.24. The monoisotopic (exact) mass is 511 g/mol. The van der Waals surface area contributed by atoms with E-state index in [0.29, 0.717) is 17.9 Å². The number of thioether (sulfide) groups is 1. The Morgan fingerprint density at radius 2 is 2.00 bits per heavy atom. The van der Waals surface area contributed by atoms with Crippen molar-refractivity contribution in [3.63, 3.8) is 0 Å². The van der Waals surface area contributed by atoms with Crippen LogP contribution >= 0.6 is 35.7 Å². The number of halogens is 1. The second-order valence-electron chi connectivity index (χ2n) is 6.75. The molecule has 0 aliphatic carbocycles. The van der Waals surface area contributed by atoms with Gasteiger partial charge in [-0.25, -0.2) is 8.42 Å². The van der Waals surface area contributed by atoms with E-state index < -0.39 is 9.84 Å². The van der Waals surface area contributed by atoms with Gasteiger partial charge < -0.3 is 10.2 Å². The fourth-order valence-electron chi connectivity index (χ4n) is 2.81. The molecule has 1 aliphatic rings. The minimum absolute atomic E-state index is 0. The van der Waals surface area contributed by atoms with E-state index in [-0.39, 0.29) is 34.5 Å². The Balaban J connectivity index is 0.00000338. The number of benzene rings is 1. The molecule has 5 nitrogen and oxygen atoms in total. The lowest BCUT2D eigenvalue weighted by Crippen LogP contribution is -2.51. The zero-order chi connectivity index (χ0) is 18.3. The Bertz CT molecular complexity index is 679. The summed E-state index contributed by atoms with van der Waals surface area (Å²) in [6, 6.07) is 8.63. The van der Waals surface area contributed by atoms with E-state index in [2.05, 4.69) is 36.0 Å². The van der Waals surface area contributed by atoms with Gasteiger partial charge in [-0.15, -0.1) is 24.0 Å². The third kappa shape index (κ3) is 7.26. The number of nitrogens with zero attached hydrogens (tertiary/aromatic N) is 2. The number of sulfone groups is 1. The van der Waals surface area contributed by atoms with Crippen LogP contribution in [0.5, 0.6) is 0 Å². The van der Waals surface area contributed by atoms with Crippen LogP contribution in [0.3, 0.4) is 0 Å². The molecule has 0 unspecified atom stereocenters. The number of guanidine groups is 1. The van der Waals surface area contributed by atoms with Crippen LogP contribution in [0.4, 0.5) is 0 Å². The molecule has 0 atom stereocenters. The minimum atomic E-state index is -3.22. The molecule has 0 radical (unpaired) electrons. The highest BCUT2D eigenvalue weighted by molar-refractivity contribution is 14.0. The predicted octanol–water partition coefficient (Wildman–Crippen LogP) is 3.26. The zero-order valence-corrected chi connectivity index (χ0v) is 19.7. The molecule has 1 N–H and O–H groups in total. The zero-order valence-electron chi connectivity index (χ0n) is 15.8. The van der Waals surface area contributed by atoms with Crippen LogP contribution in [0.25, 0.3) is 0 Å². The molecule has 0 aromatic heterocycles. The molecular formula is C18H30IN3O2S2. The highest BCUT2D eigenvalue weighted by Crippen LogP contribution is 2.29. The maximum Gasteiger partial charge on any atom is 0.193 e. The molecule has 0 saturated carbocycles. The van der Waals surface area contributed by atoms with E-state index >= 15 is 0 Å². The van der Waals surface area contributed by atoms with Crippen molar-refractivity contribution < 1.29 is 8.42 Å². The summed E-state index contributed by atoms with van der Waals surface area (Å²) < 4.78 is 24.8. The molecule has 148 valence electrons. The Morgan fingerprint density at radius 3 is 2.62 bits per heavy atom. The lowest BCUT2D eigenvalue weighted by molar-refractivity contribution is 0.376. The summed E-state index contributed by atoms with van der Waals surface area (Å²) >= 11 is 1.99. The smallest absolute Gasteiger partial charge is 0.193 e. The third-order valence-electron chi connectivity index (χ3n) is 4.00. The number of hydrogen-bond acceptors (Lipinski definition) is 4. The largest absolute Gasteiger partial charge is 0.357 e. The van der Waals surface area contributed by atoms with E-state index in [1.54, 1.807) is 24.3 Å². The molecule has 0 bridgehead atoms. The Kier molecular flexibility index (Phi) is 9.74. The predicted molar refractivity (Wildman–Crippen MR) is 123 cm³/mol. The van der Waals surface area contributed by atoms with Crippen molar-refractivity contribution in [1.82, 2.24) is 10.2 Å². The average Bonchev–Trinajstić information content (AvgIpc) is 2.57. The molecule has 0 amide bonds. The highest BCUT2D eigenvalue weighted by Gasteiger charge is 2.28. The summed E-state index contributed by atoms with van der Waals surface area (Å²) in [6.45, 7) is 9.80. The van der Waals surface area contributed by atoms with Gasteiger partial charge in [0.2, 0.25) is 0 Å². The first kappa shape index (κ1) is 23.6. The summed E-state index contributed by atoms with van der Waals surface area (Å²) in [7, 11) is -3.22. The lowest BCUT2D eigenvalue weighted by Gasteiger charge is -2.39. The molecule has 1 aliphatic heterocycles. The molecule has 1 aromatic rings. The van der Waals surface area contributed by atoms with Gasteiger partial charge in [-0.2, -0.15) is 11.8 Å². The quantitative estimate of drug-likeness (QED) is 0.275. The third-order valence-corrected chi connectivity index (χ3v) is 7.11. The average molecular weight is 511 g/mol. The first-order chi connectivity index (χ1) is 11.8. The molecular weight excluding hydrogens is 481 g/mol. The summed E-state index contributed by atoms with van der Waals surface area (Å²) in [5, 5.41) is 3.34. The van der Waals surface area contributed by atoms with Gasteiger partial charge in [-0.1, -0.05) is 18.2 Å². The van der Waals surface area contributed by atoms with Gasteiger partial charge in [0.05, 0.1) is 10.6 Å². The maximum atomic E-state index is 12.3. The van der Waals surface area contributed by atoms with Gasteiger partial charge in [-0.05, 0) is 39.3 Å². The summed E-state index contributed by atoms with van der Waals surface area (Å²) in [5.41, 5.74) is 0.